The van der Waals surface area contributed by atoms with Gasteiger partial charge in [0.2, 0.25) is 23.8 Å². The van der Waals surface area contributed by atoms with Gasteiger partial charge in [-0.2, -0.15) is 15.0 Å². The van der Waals surface area contributed by atoms with E-state index in [9.17, 15) is 4.79 Å². The monoisotopic (exact) mass is 424 g/mol. The SMILES string of the molecule is Cc1ccc(C(N)=O)cc1Nc1nc(N[C@@H]2CCNC2)nc(N2CCC(C)(C)CC2)n1. The van der Waals surface area contributed by atoms with Gasteiger partial charge in [-0.3, -0.25) is 4.79 Å². The van der Waals surface area contributed by atoms with Crippen molar-refractivity contribution in [1.82, 2.24) is 20.3 Å². The standard InChI is InChI=1S/C22H32N8O/c1-14-4-5-15(18(23)31)12-17(14)26-20-27-19(25-16-6-9-24-13-16)28-21(29-20)30-10-7-22(2,3)8-11-30/h4-5,12,16,24H,6-11,13H2,1-3H3,(H2,23,31)(H2,25,26,27,28,29)/t16-/m1/s1. The Morgan fingerprint density at radius 2 is 1.94 bits per heavy atom. The summed E-state index contributed by atoms with van der Waals surface area (Å²) in [4.78, 5) is 27.9. The summed E-state index contributed by atoms with van der Waals surface area (Å²) in [7, 11) is 0. The Morgan fingerprint density at radius 1 is 1.19 bits per heavy atom. The van der Waals surface area contributed by atoms with Crippen molar-refractivity contribution >= 4 is 29.4 Å². The lowest BCUT2D eigenvalue weighted by molar-refractivity contribution is 0.100. The third-order valence-electron chi connectivity index (χ3n) is 6.19. The number of benzene rings is 1. The quantitative estimate of drug-likeness (QED) is 0.558. The van der Waals surface area contributed by atoms with E-state index in [1.54, 1.807) is 12.1 Å². The maximum absolute atomic E-state index is 11.6. The normalized spacial score (nSPS) is 20.5. The molecule has 1 amide bonds. The number of primary amides is 1. The van der Waals surface area contributed by atoms with Crippen LogP contribution in [0.3, 0.4) is 0 Å². The molecule has 0 radical (unpaired) electrons. The van der Waals surface area contributed by atoms with Gasteiger partial charge in [0, 0.05) is 36.9 Å². The minimum Gasteiger partial charge on any atom is -0.366 e. The molecule has 0 saturated carbocycles. The van der Waals surface area contributed by atoms with Gasteiger partial charge in [-0.1, -0.05) is 19.9 Å². The lowest BCUT2D eigenvalue weighted by Gasteiger charge is -2.37. The summed E-state index contributed by atoms with van der Waals surface area (Å²) in [5, 5.41) is 10.1. The van der Waals surface area contributed by atoms with Crippen LogP contribution in [-0.4, -0.2) is 53.1 Å². The molecule has 2 aliphatic rings. The van der Waals surface area contributed by atoms with Gasteiger partial charge >= 0.3 is 0 Å². The zero-order valence-electron chi connectivity index (χ0n) is 18.5. The molecule has 166 valence electrons. The van der Waals surface area contributed by atoms with Crippen LogP contribution in [0.2, 0.25) is 0 Å². The number of rotatable bonds is 6. The predicted molar refractivity (Wildman–Crippen MR) is 123 cm³/mol. The first kappa shape index (κ1) is 21.3. The predicted octanol–water partition coefficient (Wildman–Crippen LogP) is 2.42. The zero-order valence-corrected chi connectivity index (χ0v) is 18.5. The van der Waals surface area contributed by atoms with Gasteiger partial charge in [-0.15, -0.1) is 0 Å². The average Bonchev–Trinajstić information content (AvgIpc) is 3.22. The van der Waals surface area contributed by atoms with Crippen LogP contribution in [0.4, 0.5) is 23.5 Å². The molecular formula is C22H32N8O. The number of hydrogen-bond donors (Lipinski definition) is 4. The van der Waals surface area contributed by atoms with Crippen LogP contribution >= 0.6 is 0 Å². The van der Waals surface area contributed by atoms with Crippen LogP contribution in [0.15, 0.2) is 18.2 Å². The Labute approximate surface area is 183 Å². The zero-order chi connectivity index (χ0) is 22.0. The maximum Gasteiger partial charge on any atom is 0.248 e. The van der Waals surface area contributed by atoms with E-state index in [1.807, 2.05) is 13.0 Å². The summed E-state index contributed by atoms with van der Waals surface area (Å²) >= 11 is 0. The highest BCUT2D eigenvalue weighted by Gasteiger charge is 2.27. The lowest BCUT2D eigenvalue weighted by atomic mass is 9.83. The summed E-state index contributed by atoms with van der Waals surface area (Å²) in [6.45, 7) is 10.3. The summed E-state index contributed by atoms with van der Waals surface area (Å²) in [6, 6.07) is 5.61. The molecular weight excluding hydrogens is 392 g/mol. The Bertz CT molecular complexity index is 945. The Hall–Kier alpha value is -2.94. The van der Waals surface area contributed by atoms with Gasteiger partial charge in [0.05, 0.1) is 0 Å². The molecule has 4 rings (SSSR count). The molecule has 31 heavy (non-hydrogen) atoms. The number of nitrogens with one attached hydrogen (secondary N) is 3. The summed E-state index contributed by atoms with van der Waals surface area (Å²) in [5.41, 5.74) is 7.96. The van der Waals surface area contributed by atoms with Gasteiger partial charge in [-0.05, 0) is 55.8 Å². The fraction of sp³-hybridized carbons (Fsp3) is 0.545. The summed E-state index contributed by atoms with van der Waals surface area (Å²) in [5.74, 6) is 1.22. The topological polar surface area (TPSA) is 121 Å². The van der Waals surface area contributed by atoms with Crippen molar-refractivity contribution in [3.05, 3.63) is 29.3 Å². The number of nitrogens with two attached hydrogens (primary N) is 1. The summed E-state index contributed by atoms with van der Waals surface area (Å²) in [6.07, 6.45) is 3.22. The average molecular weight is 425 g/mol. The molecule has 1 aromatic carbocycles. The number of amides is 1. The van der Waals surface area contributed by atoms with Gasteiger partial charge in [0.15, 0.2) is 0 Å². The molecule has 5 N–H and O–H groups in total. The molecule has 0 unspecified atom stereocenters. The number of anilines is 4. The molecule has 9 nitrogen and oxygen atoms in total. The number of hydrogen-bond acceptors (Lipinski definition) is 8. The second-order valence-corrected chi connectivity index (χ2v) is 9.29. The van der Waals surface area contributed by atoms with Crippen molar-refractivity contribution in [2.45, 2.75) is 46.1 Å². The molecule has 2 aromatic rings. The largest absolute Gasteiger partial charge is 0.366 e. The van der Waals surface area contributed by atoms with E-state index in [4.69, 9.17) is 15.7 Å². The molecule has 2 fully saturated rings. The van der Waals surface area contributed by atoms with Crippen LogP contribution in [-0.2, 0) is 0 Å². The molecule has 2 saturated heterocycles. The highest BCUT2D eigenvalue weighted by molar-refractivity contribution is 5.94. The van der Waals surface area contributed by atoms with Crippen LogP contribution in [0.1, 0.15) is 49.0 Å². The van der Waals surface area contributed by atoms with Crippen molar-refractivity contribution < 1.29 is 4.79 Å². The second-order valence-electron chi connectivity index (χ2n) is 9.29. The molecule has 0 spiro atoms. The fourth-order valence-corrected chi connectivity index (χ4v) is 3.93. The van der Waals surface area contributed by atoms with Gasteiger partial charge in [-0.25, -0.2) is 0 Å². The first-order chi connectivity index (χ1) is 14.8. The van der Waals surface area contributed by atoms with E-state index in [0.717, 1.165) is 56.7 Å². The van der Waals surface area contributed by atoms with Crippen LogP contribution in [0, 0.1) is 12.3 Å². The molecule has 3 heterocycles. The lowest BCUT2D eigenvalue weighted by Crippen LogP contribution is -2.38. The minimum absolute atomic E-state index is 0.295. The smallest absolute Gasteiger partial charge is 0.248 e. The van der Waals surface area contributed by atoms with E-state index < -0.39 is 5.91 Å². The molecule has 9 heteroatoms. The number of piperidine rings is 1. The summed E-state index contributed by atoms with van der Waals surface area (Å²) < 4.78 is 0. The highest BCUT2D eigenvalue weighted by atomic mass is 16.1. The molecule has 1 atom stereocenters. The first-order valence-electron chi connectivity index (χ1n) is 10.9. The van der Waals surface area contributed by atoms with Crippen LogP contribution in [0.5, 0.6) is 0 Å². The Balaban J connectivity index is 1.63. The van der Waals surface area contributed by atoms with E-state index in [-0.39, 0.29) is 0 Å². The van der Waals surface area contributed by atoms with Crippen LogP contribution in [0.25, 0.3) is 0 Å². The molecule has 0 aliphatic carbocycles. The molecule has 1 aromatic heterocycles. The van der Waals surface area contributed by atoms with Gasteiger partial charge < -0.3 is 26.6 Å². The Morgan fingerprint density at radius 3 is 2.61 bits per heavy atom. The number of aromatic nitrogens is 3. The highest BCUT2D eigenvalue weighted by Crippen LogP contribution is 2.32. The molecule has 0 bridgehead atoms. The van der Waals surface area contributed by atoms with Crippen LogP contribution < -0.4 is 26.6 Å². The number of aryl methyl sites for hydroxylation is 1. The van der Waals surface area contributed by atoms with Crippen molar-refractivity contribution in [3.63, 3.8) is 0 Å². The van der Waals surface area contributed by atoms with E-state index in [1.165, 1.54) is 0 Å². The van der Waals surface area contributed by atoms with Crippen molar-refractivity contribution in [2.75, 3.05) is 41.7 Å². The number of carbonyl (C=O) groups is 1. The van der Waals surface area contributed by atoms with Gasteiger partial charge in [0.1, 0.15) is 0 Å². The van der Waals surface area contributed by atoms with Gasteiger partial charge in [0.25, 0.3) is 0 Å². The minimum atomic E-state index is -0.466. The second kappa shape index (κ2) is 8.66. The van der Waals surface area contributed by atoms with Crippen molar-refractivity contribution in [3.8, 4) is 0 Å². The van der Waals surface area contributed by atoms with Crippen molar-refractivity contribution in [1.29, 1.82) is 0 Å². The first-order valence-corrected chi connectivity index (χ1v) is 10.9. The maximum atomic E-state index is 11.6. The van der Waals surface area contributed by atoms with E-state index >= 15 is 0 Å². The third-order valence-corrected chi connectivity index (χ3v) is 6.19. The number of carbonyl (C=O) groups excluding carboxylic acids is 1. The molecule has 2 aliphatic heterocycles. The fourth-order valence-electron chi connectivity index (χ4n) is 3.93. The Kier molecular flexibility index (Phi) is 5.95. The number of nitrogens with zero attached hydrogens (tertiary/aromatic N) is 4. The third kappa shape index (κ3) is 5.22. The van der Waals surface area contributed by atoms with Crippen molar-refractivity contribution in [2.24, 2.45) is 11.1 Å². The van der Waals surface area contributed by atoms with E-state index in [0.29, 0.717) is 34.9 Å². The van der Waals surface area contributed by atoms with E-state index in [2.05, 4.69) is 39.7 Å².